The number of aromatic nitrogens is 2. The Hall–Kier alpha value is -1.20. The maximum Gasteiger partial charge on any atom is 0.274 e. The van der Waals surface area contributed by atoms with E-state index in [1.165, 1.54) is 0 Å². The van der Waals surface area contributed by atoms with Crippen molar-refractivity contribution in [3.05, 3.63) is 23.0 Å². The van der Waals surface area contributed by atoms with E-state index >= 15 is 0 Å². The summed E-state index contributed by atoms with van der Waals surface area (Å²) in [5.41, 5.74) is 0.291. The van der Waals surface area contributed by atoms with Crippen molar-refractivity contribution in [2.45, 2.75) is 19.3 Å². The van der Waals surface area contributed by atoms with E-state index in [0.717, 1.165) is 19.3 Å². The molecule has 1 N–H and O–H groups in total. The van der Waals surface area contributed by atoms with Gasteiger partial charge in [-0.15, -0.1) is 10.2 Å². The molecular formula is C11H16ClN3O2. The Balaban J connectivity index is 2.43. The van der Waals surface area contributed by atoms with Crippen LogP contribution in [0.25, 0.3) is 0 Å². The van der Waals surface area contributed by atoms with Gasteiger partial charge < -0.3 is 10.0 Å². The van der Waals surface area contributed by atoms with E-state index in [9.17, 15) is 4.79 Å². The molecule has 0 bridgehead atoms. The molecule has 1 rings (SSSR count). The zero-order valence-electron chi connectivity index (χ0n) is 9.77. The highest BCUT2D eigenvalue weighted by molar-refractivity contribution is 6.29. The summed E-state index contributed by atoms with van der Waals surface area (Å²) in [6.45, 7) is 0.837. The third-order valence-corrected chi connectivity index (χ3v) is 2.55. The lowest BCUT2D eigenvalue weighted by atomic mass is 10.2. The maximum absolute atomic E-state index is 11.9. The van der Waals surface area contributed by atoms with Gasteiger partial charge in [0.05, 0.1) is 0 Å². The molecule has 0 saturated carbocycles. The summed E-state index contributed by atoms with van der Waals surface area (Å²) in [4.78, 5) is 13.4. The van der Waals surface area contributed by atoms with Crippen LogP contribution in [0.15, 0.2) is 12.1 Å². The SMILES string of the molecule is CN(CCCCCO)C(=O)c1ccc(Cl)nn1. The summed E-state index contributed by atoms with van der Waals surface area (Å²) in [7, 11) is 1.72. The molecule has 1 heterocycles. The van der Waals surface area contributed by atoms with Gasteiger partial charge in [0.25, 0.3) is 5.91 Å². The molecule has 94 valence electrons. The number of aliphatic hydroxyl groups is 1. The number of aliphatic hydroxyl groups excluding tert-OH is 1. The van der Waals surface area contributed by atoms with Crippen LogP contribution in [0.2, 0.25) is 5.15 Å². The second-order valence-electron chi connectivity index (χ2n) is 3.75. The van der Waals surface area contributed by atoms with Gasteiger partial charge in [0, 0.05) is 20.2 Å². The molecule has 0 unspecified atom stereocenters. The summed E-state index contributed by atoms with van der Waals surface area (Å²) in [5.74, 6) is -0.168. The van der Waals surface area contributed by atoms with Gasteiger partial charge in [-0.2, -0.15) is 0 Å². The van der Waals surface area contributed by atoms with Crippen molar-refractivity contribution in [2.75, 3.05) is 20.2 Å². The zero-order valence-corrected chi connectivity index (χ0v) is 10.5. The molecule has 0 aliphatic heterocycles. The van der Waals surface area contributed by atoms with Crippen LogP contribution in [0.3, 0.4) is 0 Å². The van der Waals surface area contributed by atoms with Crippen molar-refractivity contribution in [1.82, 2.24) is 15.1 Å². The van der Waals surface area contributed by atoms with Crippen molar-refractivity contribution in [3.63, 3.8) is 0 Å². The minimum atomic E-state index is -0.168. The number of hydrogen-bond acceptors (Lipinski definition) is 4. The fourth-order valence-electron chi connectivity index (χ4n) is 1.36. The minimum Gasteiger partial charge on any atom is -0.396 e. The van der Waals surface area contributed by atoms with Gasteiger partial charge in [-0.05, 0) is 31.4 Å². The number of hydrogen-bond donors (Lipinski definition) is 1. The van der Waals surface area contributed by atoms with Crippen LogP contribution in [0.1, 0.15) is 29.8 Å². The van der Waals surface area contributed by atoms with Gasteiger partial charge >= 0.3 is 0 Å². The predicted octanol–water partition coefficient (Wildman–Crippen LogP) is 1.36. The van der Waals surface area contributed by atoms with Gasteiger partial charge in [0.15, 0.2) is 10.8 Å². The average molecular weight is 258 g/mol. The molecular weight excluding hydrogens is 242 g/mol. The van der Waals surface area contributed by atoms with E-state index in [1.807, 2.05) is 0 Å². The van der Waals surface area contributed by atoms with Crippen LogP contribution in [-0.2, 0) is 0 Å². The van der Waals surface area contributed by atoms with E-state index in [-0.39, 0.29) is 17.7 Å². The van der Waals surface area contributed by atoms with Crippen molar-refractivity contribution < 1.29 is 9.90 Å². The summed E-state index contributed by atoms with van der Waals surface area (Å²) in [6, 6.07) is 3.10. The molecule has 1 aromatic rings. The van der Waals surface area contributed by atoms with Gasteiger partial charge in [-0.3, -0.25) is 4.79 Å². The van der Waals surface area contributed by atoms with Crippen molar-refractivity contribution in [3.8, 4) is 0 Å². The molecule has 1 amide bonds. The number of halogens is 1. The zero-order chi connectivity index (χ0) is 12.7. The lowest BCUT2D eigenvalue weighted by Crippen LogP contribution is -2.28. The summed E-state index contributed by atoms with van der Waals surface area (Å²) in [6.07, 6.45) is 2.53. The number of unbranched alkanes of at least 4 members (excludes halogenated alkanes) is 2. The minimum absolute atomic E-state index is 0.168. The third-order valence-electron chi connectivity index (χ3n) is 2.35. The van der Waals surface area contributed by atoms with Crippen LogP contribution >= 0.6 is 11.6 Å². The largest absolute Gasteiger partial charge is 0.396 e. The van der Waals surface area contributed by atoms with Crippen LogP contribution in [0.4, 0.5) is 0 Å². The van der Waals surface area contributed by atoms with Crippen molar-refractivity contribution in [1.29, 1.82) is 0 Å². The van der Waals surface area contributed by atoms with E-state index in [1.54, 1.807) is 24.1 Å². The molecule has 0 aliphatic rings. The van der Waals surface area contributed by atoms with Crippen LogP contribution in [0.5, 0.6) is 0 Å². The first-order chi connectivity index (χ1) is 8.15. The number of rotatable bonds is 6. The lowest BCUT2D eigenvalue weighted by molar-refractivity contribution is 0.0785. The highest BCUT2D eigenvalue weighted by Gasteiger charge is 2.12. The quantitative estimate of drug-likeness (QED) is 0.782. The molecule has 0 fully saturated rings. The Kier molecular flexibility index (Phi) is 5.86. The molecule has 0 atom stereocenters. The fraction of sp³-hybridized carbons (Fsp3) is 0.545. The Bertz CT molecular complexity index is 356. The van der Waals surface area contributed by atoms with Crippen LogP contribution in [0, 0.1) is 0 Å². The molecule has 6 heteroatoms. The lowest BCUT2D eigenvalue weighted by Gasteiger charge is -2.15. The molecule has 0 saturated heterocycles. The first kappa shape index (κ1) is 13.9. The fourth-order valence-corrected chi connectivity index (χ4v) is 1.47. The number of nitrogens with zero attached hydrogens (tertiary/aromatic N) is 3. The summed E-state index contributed by atoms with van der Waals surface area (Å²) < 4.78 is 0. The molecule has 0 radical (unpaired) electrons. The highest BCUT2D eigenvalue weighted by atomic mass is 35.5. The first-order valence-electron chi connectivity index (χ1n) is 5.50. The van der Waals surface area contributed by atoms with Crippen molar-refractivity contribution in [2.24, 2.45) is 0 Å². The topological polar surface area (TPSA) is 66.3 Å². The van der Waals surface area contributed by atoms with Gasteiger partial charge in [0.1, 0.15) is 0 Å². The highest BCUT2D eigenvalue weighted by Crippen LogP contribution is 2.05. The number of carbonyl (C=O) groups excluding carboxylic acids is 1. The smallest absolute Gasteiger partial charge is 0.274 e. The van der Waals surface area contributed by atoms with Gasteiger partial charge in [-0.1, -0.05) is 11.6 Å². The Morgan fingerprint density at radius 1 is 1.35 bits per heavy atom. The number of carbonyl (C=O) groups is 1. The van der Waals surface area contributed by atoms with E-state index in [4.69, 9.17) is 16.7 Å². The second-order valence-corrected chi connectivity index (χ2v) is 4.14. The molecule has 1 aromatic heterocycles. The molecule has 0 aliphatic carbocycles. The van der Waals surface area contributed by atoms with E-state index < -0.39 is 0 Å². The normalized spacial score (nSPS) is 10.3. The monoisotopic (exact) mass is 257 g/mol. The molecule has 0 spiro atoms. The molecule has 17 heavy (non-hydrogen) atoms. The third kappa shape index (κ3) is 4.66. The summed E-state index contributed by atoms with van der Waals surface area (Å²) in [5, 5.41) is 16.3. The second kappa shape index (κ2) is 7.19. The Morgan fingerprint density at radius 3 is 2.71 bits per heavy atom. The van der Waals surface area contributed by atoms with Crippen LogP contribution in [-0.4, -0.2) is 46.3 Å². The summed E-state index contributed by atoms with van der Waals surface area (Å²) >= 11 is 5.59. The Labute approximate surface area is 105 Å². The maximum atomic E-state index is 11.9. The Morgan fingerprint density at radius 2 is 2.12 bits per heavy atom. The molecule has 0 aromatic carbocycles. The first-order valence-corrected chi connectivity index (χ1v) is 5.88. The number of amides is 1. The van der Waals surface area contributed by atoms with E-state index in [0.29, 0.717) is 12.2 Å². The van der Waals surface area contributed by atoms with Gasteiger partial charge in [0.2, 0.25) is 0 Å². The standard InChI is InChI=1S/C11H16ClN3O2/c1-15(7-3-2-4-8-16)11(17)9-5-6-10(12)14-13-9/h5-6,16H,2-4,7-8H2,1H3. The van der Waals surface area contributed by atoms with E-state index in [2.05, 4.69) is 10.2 Å². The van der Waals surface area contributed by atoms with Crippen molar-refractivity contribution >= 4 is 17.5 Å². The average Bonchev–Trinajstić information content (AvgIpc) is 2.34. The van der Waals surface area contributed by atoms with Crippen LogP contribution < -0.4 is 0 Å². The molecule has 5 nitrogen and oxygen atoms in total. The predicted molar refractivity (Wildman–Crippen MR) is 64.9 cm³/mol. The van der Waals surface area contributed by atoms with Gasteiger partial charge in [-0.25, -0.2) is 0 Å².